The Kier molecular flexibility index (Phi) is 6.15. The summed E-state index contributed by atoms with van der Waals surface area (Å²) in [7, 11) is 0. The van der Waals surface area contributed by atoms with Gasteiger partial charge in [0.25, 0.3) is 5.91 Å². The zero-order valence-corrected chi connectivity index (χ0v) is 17.9. The number of amides is 1. The van der Waals surface area contributed by atoms with E-state index < -0.39 is 11.7 Å². The molecule has 0 saturated carbocycles. The van der Waals surface area contributed by atoms with Gasteiger partial charge in [0.2, 0.25) is 0 Å². The van der Waals surface area contributed by atoms with E-state index >= 15 is 0 Å². The van der Waals surface area contributed by atoms with E-state index in [2.05, 4.69) is 27.1 Å². The van der Waals surface area contributed by atoms with E-state index in [1.807, 2.05) is 6.07 Å². The molecule has 0 bridgehead atoms. The van der Waals surface area contributed by atoms with Crippen LogP contribution in [0.3, 0.4) is 0 Å². The Morgan fingerprint density at radius 1 is 1.39 bits per heavy atom. The van der Waals surface area contributed by atoms with Gasteiger partial charge in [-0.15, -0.1) is 11.3 Å². The molecule has 0 aliphatic carbocycles. The van der Waals surface area contributed by atoms with Crippen LogP contribution in [0.15, 0.2) is 42.0 Å². The summed E-state index contributed by atoms with van der Waals surface area (Å²) in [5.41, 5.74) is 8.13. The maximum atomic E-state index is 14.1. The highest BCUT2D eigenvalue weighted by atomic mass is 32.1. The van der Waals surface area contributed by atoms with Crippen LogP contribution < -0.4 is 16.0 Å². The molecule has 31 heavy (non-hydrogen) atoms. The predicted octanol–water partition coefficient (Wildman–Crippen LogP) is 3.87. The van der Waals surface area contributed by atoms with E-state index in [-0.39, 0.29) is 23.0 Å². The molecule has 9 heteroatoms. The predicted molar refractivity (Wildman–Crippen MR) is 120 cm³/mol. The van der Waals surface area contributed by atoms with E-state index in [1.54, 1.807) is 17.8 Å². The van der Waals surface area contributed by atoms with Crippen LogP contribution >= 0.6 is 11.3 Å². The summed E-state index contributed by atoms with van der Waals surface area (Å²) in [6.45, 7) is 3.75. The Bertz CT molecular complexity index is 1090. The molecule has 1 fully saturated rings. The summed E-state index contributed by atoms with van der Waals surface area (Å²) in [6, 6.07) is 5.80. The maximum absolute atomic E-state index is 14.1. The number of phenolic OH excluding ortho intramolecular Hbond substituents is 1. The molecular weight excluding hydrogens is 417 g/mol. The van der Waals surface area contributed by atoms with Crippen LogP contribution in [0.2, 0.25) is 0 Å². The lowest BCUT2D eigenvalue weighted by Crippen LogP contribution is -2.47. The number of aromatic nitrogens is 2. The van der Waals surface area contributed by atoms with Crippen LogP contribution in [0.4, 0.5) is 15.8 Å². The summed E-state index contributed by atoms with van der Waals surface area (Å²) in [5.74, 6) is -0.656. The standard InChI is InChI=1S/C22H24FN5O2S/c1-2-13-7-14(24)11-28(10-13)20-5-6-25-9-18(20)26-21(30)19-12-31-22(27-19)16-4-3-15(29)8-17(16)23/h3-6,8-9,12-14,29H,2,7,10-11,24H2,1H3,(H,26,30)/t13-,14+/m1/s1. The lowest BCUT2D eigenvalue weighted by Gasteiger charge is -2.38. The number of nitrogens with two attached hydrogens (primary N) is 1. The molecule has 3 heterocycles. The van der Waals surface area contributed by atoms with Crippen molar-refractivity contribution in [1.29, 1.82) is 0 Å². The highest BCUT2D eigenvalue weighted by molar-refractivity contribution is 7.13. The fourth-order valence-corrected chi connectivity index (χ4v) is 4.69. The van der Waals surface area contributed by atoms with Crippen LogP contribution in [-0.4, -0.2) is 40.1 Å². The van der Waals surface area contributed by atoms with Crippen molar-refractivity contribution in [1.82, 2.24) is 9.97 Å². The third-order valence-electron chi connectivity index (χ3n) is 5.45. The van der Waals surface area contributed by atoms with E-state index in [4.69, 9.17) is 5.73 Å². The average molecular weight is 442 g/mol. The number of aromatic hydroxyl groups is 1. The number of nitrogens with one attached hydrogen (secondary N) is 1. The third kappa shape index (κ3) is 4.67. The zero-order valence-electron chi connectivity index (χ0n) is 17.1. The molecule has 7 nitrogen and oxygen atoms in total. The molecule has 2 aromatic heterocycles. The van der Waals surface area contributed by atoms with Crippen molar-refractivity contribution in [2.75, 3.05) is 23.3 Å². The number of hydrogen-bond donors (Lipinski definition) is 3. The van der Waals surface area contributed by atoms with Crippen molar-refractivity contribution in [2.24, 2.45) is 11.7 Å². The van der Waals surface area contributed by atoms with Gasteiger partial charge in [0.05, 0.1) is 17.6 Å². The van der Waals surface area contributed by atoms with E-state index in [9.17, 15) is 14.3 Å². The Hall–Kier alpha value is -3.04. The quantitative estimate of drug-likeness (QED) is 0.555. The number of benzene rings is 1. The van der Waals surface area contributed by atoms with Crippen LogP contribution in [-0.2, 0) is 0 Å². The normalized spacial score (nSPS) is 18.7. The molecular formula is C22H24FN5O2S. The Labute approximate surface area is 183 Å². The second-order valence-corrected chi connectivity index (χ2v) is 8.58. The first kappa shape index (κ1) is 21.2. The second kappa shape index (κ2) is 8.99. The number of rotatable bonds is 5. The first-order chi connectivity index (χ1) is 14.9. The average Bonchev–Trinajstić information content (AvgIpc) is 3.23. The number of piperidine rings is 1. The largest absolute Gasteiger partial charge is 0.508 e. The SMILES string of the molecule is CC[C@@H]1C[C@H](N)CN(c2ccncc2NC(=O)c2csc(-c3ccc(O)cc3F)n2)C1. The van der Waals surface area contributed by atoms with Crippen molar-refractivity contribution in [3.63, 3.8) is 0 Å². The first-order valence-electron chi connectivity index (χ1n) is 10.1. The Balaban J connectivity index is 1.54. The van der Waals surface area contributed by atoms with Gasteiger partial charge < -0.3 is 21.1 Å². The summed E-state index contributed by atoms with van der Waals surface area (Å²) < 4.78 is 14.1. The van der Waals surface area contributed by atoms with E-state index in [0.29, 0.717) is 23.2 Å². The van der Waals surface area contributed by atoms with Crippen molar-refractivity contribution in [3.05, 3.63) is 53.6 Å². The number of pyridine rings is 1. The van der Waals surface area contributed by atoms with Gasteiger partial charge in [-0.3, -0.25) is 9.78 Å². The van der Waals surface area contributed by atoms with Gasteiger partial charge in [-0.1, -0.05) is 13.3 Å². The molecule has 0 unspecified atom stereocenters. The number of phenols is 1. The van der Waals surface area contributed by atoms with Gasteiger partial charge in [-0.05, 0) is 30.5 Å². The van der Waals surface area contributed by atoms with E-state index in [1.165, 1.54) is 12.1 Å². The highest BCUT2D eigenvalue weighted by Crippen LogP contribution is 2.31. The van der Waals surface area contributed by atoms with Gasteiger partial charge in [0.1, 0.15) is 22.3 Å². The van der Waals surface area contributed by atoms with Crippen LogP contribution in [0.25, 0.3) is 10.6 Å². The number of anilines is 2. The van der Waals surface area contributed by atoms with Gasteiger partial charge in [-0.2, -0.15) is 0 Å². The molecule has 4 N–H and O–H groups in total. The minimum Gasteiger partial charge on any atom is -0.508 e. The van der Waals surface area contributed by atoms with Crippen LogP contribution in [0, 0.1) is 11.7 Å². The molecule has 1 aromatic carbocycles. The fraction of sp³-hybridized carbons (Fsp3) is 0.318. The van der Waals surface area contributed by atoms with Gasteiger partial charge in [0, 0.05) is 42.3 Å². The highest BCUT2D eigenvalue weighted by Gasteiger charge is 2.26. The molecule has 1 saturated heterocycles. The fourth-order valence-electron chi connectivity index (χ4n) is 3.86. The smallest absolute Gasteiger partial charge is 0.275 e. The topological polar surface area (TPSA) is 104 Å². The monoisotopic (exact) mass is 441 g/mol. The number of carbonyl (C=O) groups excluding carboxylic acids is 1. The van der Waals surface area contributed by atoms with Gasteiger partial charge in [-0.25, -0.2) is 9.37 Å². The molecule has 1 aliphatic heterocycles. The van der Waals surface area contributed by atoms with Crippen molar-refractivity contribution in [3.8, 4) is 16.3 Å². The molecule has 1 aliphatic rings. The van der Waals surface area contributed by atoms with Crippen LogP contribution in [0.1, 0.15) is 30.3 Å². The molecule has 0 radical (unpaired) electrons. The molecule has 3 aromatic rings. The summed E-state index contributed by atoms with van der Waals surface area (Å²) in [4.78, 5) is 23.5. The Morgan fingerprint density at radius 2 is 2.23 bits per heavy atom. The first-order valence-corrected chi connectivity index (χ1v) is 11.0. The van der Waals surface area contributed by atoms with Gasteiger partial charge in [0.15, 0.2) is 0 Å². The minimum absolute atomic E-state index is 0.0803. The number of hydrogen-bond acceptors (Lipinski definition) is 7. The number of carbonyl (C=O) groups is 1. The molecule has 162 valence electrons. The van der Waals surface area contributed by atoms with Crippen molar-refractivity contribution < 1.29 is 14.3 Å². The number of nitrogens with zero attached hydrogens (tertiary/aromatic N) is 3. The molecule has 2 atom stereocenters. The lowest BCUT2D eigenvalue weighted by atomic mass is 9.92. The number of thiazole rings is 1. The van der Waals surface area contributed by atoms with E-state index in [0.717, 1.165) is 42.5 Å². The summed E-state index contributed by atoms with van der Waals surface area (Å²) in [5, 5.41) is 14.2. The minimum atomic E-state index is -0.595. The maximum Gasteiger partial charge on any atom is 0.275 e. The van der Waals surface area contributed by atoms with Crippen LogP contribution in [0.5, 0.6) is 5.75 Å². The third-order valence-corrected chi connectivity index (χ3v) is 6.33. The lowest BCUT2D eigenvalue weighted by molar-refractivity contribution is 0.102. The molecule has 0 spiro atoms. The Morgan fingerprint density at radius 3 is 3.00 bits per heavy atom. The number of halogens is 1. The molecule has 1 amide bonds. The molecule has 4 rings (SSSR count). The van der Waals surface area contributed by atoms with Gasteiger partial charge >= 0.3 is 0 Å². The van der Waals surface area contributed by atoms with Crippen molar-refractivity contribution in [2.45, 2.75) is 25.8 Å². The zero-order chi connectivity index (χ0) is 22.0. The second-order valence-electron chi connectivity index (χ2n) is 7.72. The van der Waals surface area contributed by atoms with Crippen molar-refractivity contribution >= 4 is 28.6 Å². The summed E-state index contributed by atoms with van der Waals surface area (Å²) >= 11 is 1.16. The summed E-state index contributed by atoms with van der Waals surface area (Å²) in [6.07, 6.45) is 5.35.